The highest BCUT2D eigenvalue weighted by molar-refractivity contribution is 8.19. The van der Waals surface area contributed by atoms with E-state index in [9.17, 15) is 13.2 Å². The van der Waals surface area contributed by atoms with E-state index in [1.54, 1.807) is 11.0 Å². The average Bonchev–Trinajstić information content (AvgIpc) is 3.40. The number of sulfonamides is 1. The van der Waals surface area contributed by atoms with Crippen LogP contribution in [0.15, 0.2) is 40.6 Å². The highest BCUT2D eigenvalue weighted by atomic mass is 32.2. The largest absolute Gasteiger partial charge is 0.336 e. The van der Waals surface area contributed by atoms with Gasteiger partial charge >= 0.3 is 0 Å². The van der Waals surface area contributed by atoms with Crippen molar-refractivity contribution in [3.8, 4) is 0 Å². The highest BCUT2D eigenvalue weighted by Crippen LogP contribution is 2.45. The monoisotopic (exact) mass is 454 g/mol. The molecule has 3 heterocycles. The van der Waals surface area contributed by atoms with Gasteiger partial charge in [-0.05, 0) is 36.8 Å². The van der Waals surface area contributed by atoms with Crippen LogP contribution >= 0.6 is 34.9 Å². The predicted molar refractivity (Wildman–Crippen MR) is 118 cm³/mol. The molecule has 0 radical (unpaired) electrons. The van der Waals surface area contributed by atoms with Gasteiger partial charge < -0.3 is 4.90 Å². The number of thiophene rings is 1. The normalized spacial score (nSPS) is 19.2. The fourth-order valence-corrected chi connectivity index (χ4v) is 9.04. The number of rotatable bonds is 4. The topological polar surface area (TPSA) is 57.7 Å². The van der Waals surface area contributed by atoms with Crippen molar-refractivity contribution in [2.75, 3.05) is 37.7 Å². The molecule has 0 spiro atoms. The van der Waals surface area contributed by atoms with Crippen molar-refractivity contribution in [2.24, 2.45) is 0 Å². The fourth-order valence-electron chi connectivity index (χ4n) is 3.33. The number of hydrogen-bond acceptors (Lipinski definition) is 6. The van der Waals surface area contributed by atoms with Gasteiger partial charge in [0.1, 0.15) is 4.21 Å². The van der Waals surface area contributed by atoms with E-state index < -0.39 is 10.0 Å². The minimum atomic E-state index is -3.46. The van der Waals surface area contributed by atoms with E-state index in [-0.39, 0.29) is 5.91 Å². The lowest BCUT2D eigenvalue weighted by Crippen LogP contribution is -2.50. The standard InChI is InChI=1S/C19H22N2O3S4/c1-14-2-7-17(27-14)28(23,24)21-10-8-20(9-11-21)18(22)15-3-5-16(6-4-15)19-25-12-13-26-19/h2-7,19H,8-13H2,1H3. The van der Waals surface area contributed by atoms with Crippen molar-refractivity contribution in [2.45, 2.75) is 15.7 Å². The molecule has 4 rings (SSSR count). The Morgan fingerprint density at radius 3 is 2.18 bits per heavy atom. The highest BCUT2D eigenvalue weighted by Gasteiger charge is 2.31. The van der Waals surface area contributed by atoms with Crippen LogP contribution < -0.4 is 0 Å². The summed E-state index contributed by atoms with van der Waals surface area (Å²) < 4.78 is 27.8. The second-order valence-corrected chi connectivity index (χ2v) is 12.9. The van der Waals surface area contributed by atoms with Crippen molar-refractivity contribution in [3.63, 3.8) is 0 Å². The van der Waals surface area contributed by atoms with Crippen molar-refractivity contribution < 1.29 is 13.2 Å². The number of piperazine rings is 1. The molecule has 2 aromatic rings. The Labute approximate surface area is 178 Å². The summed E-state index contributed by atoms with van der Waals surface area (Å²) in [6, 6.07) is 11.4. The molecule has 0 atom stereocenters. The number of carbonyl (C=O) groups is 1. The molecule has 2 aliphatic heterocycles. The molecule has 0 aliphatic carbocycles. The third-order valence-corrected chi connectivity index (χ3v) is 11.4. The molecule has 2 fully saturated rings. The summed E-state index contributed by atoms with van der Waals surface area (Å²) in [5, 5.41) is 0. The summed E-state index contributed by atoms with van der Waals surface area (Å²) in [5.74, 6) is 2.32. The van der Waals surface area contributed by atoms with Crippen molar-refractivity contribution in [1.29, 1.82) is 0 Å². The van der Waals surface area contributed by atoms with Crippen LogP contribution in [0.2, 0.25) is 0 Å². The van der Waals surface area contributed by atoms with E-state index in [0.717, 1.165) is 4.88 Å². The molecular formula is C19H22N2O3S4. The third-order valence-electron chi connectivity index (χ3n) is 4.89. The first-order valence-corrected chi connectivity index (χ1v) is 13.5. The van der Waals surface area contributed by atoms with Crippen LogP contribution in [0, 0.1) is 6.92 Å². The van der Waals surface area contributed by atoms with E-state index in [0.29, 0.717) is 40.5 Å². The Hall–Kier alpha value is -1.000. The minimum absolute atomic E-state index is 0.0257. The number of amides is 1. The number of aryl methyl sites for hydroxylation is 1. The number of nitrogens with zero attached hydrogens (tertiary/aromatic N) is 2. The van der Waals surface area contributed by atoms with Crippen LogP contribution in [0.3, 0.4) is 0 Å². The molecule has 1 aromatic carbocycles. The fraction of sp³-hybridized carbons (Fsp3) is 0.421. The molecule has 28 heavy (non-hydrogen) atoms. The van der Waals surface area contributed by atoms with Crippen molar-refractivity contribution in [1.82, 2.24) is 9.21 Å². The molecule has 0 unspecified atom stereocenters. The SMILES string of the molecule is Cc1ccc(S(=O)(=O)N2CCN(C(=O)c3ccc(C4SCCS4)cc3)CC2)s1. The summed E-state index contributed by atoms with van der Waals surface area (Å²) >= 11 is 5.18. The lowest BCUT2D eigenvalue weighted by Gasteiger charge is -2.33. The number of benzene rings is 1. The maximum Gasteiger partial charge on any atom is 0.253 e. The Morgan fingerprint density at radius 1 is 0.964 bits per heavy atom. The molecule has 1 aromatic heterocycles. The second kappa shape index (κ2) is 8.39. The van der Waals surface area contributed by atoms with Gasteiger partial charge in [-0.3, -0.25) is 4.79 Å². The zero-order valence-corrected chi connectivity index (χ0v) is 18.8. The van der Waals surface area contributed by atoms with Gasteiger partial charge in [0.25, 0.3) is 15.9 Å². The van der Waals surface area contributed by atoms with Gasteiger partial charge in [0, 0.05) is 48.1 Å². The zero-order chi connectivity index (χ0) is 19.7. The van der Waals surface area contributed by atoms with Gasteiger partial charge in [-0.15, -0.1) is 34.9 Å². The van der Waals surface area contributed by atoms with E-state index in [2.05, 4.69) is 0 Å². The van der Waals surface area contributed by atoms with Crippen molar-refractivity contribution in [3.05, 3.63) is 52.4 Å². The number of hydrogen-bond donors (Lipinski definition) is 0. The third kappa shape index (κ3) is 4.14. The Balaban J connectivity index is 1.38. The van der Waals surface area contributed by atoms with Crippen molar-refractivity contribution >= 4 is 50.8 Å². The molecule has 2 saturated heterocycles. The van der Waals surface area contributed by atoms with E-state index >= 15 is 0 Å². The Bertz CT molecular complexity index is 942. The molecule has 2 aliphatic rings. The summed E-state index contributed by atoms with van der Waals surface area (Å²) in [6.07, 6.45) is 0. The predicted octanol–water partition coefficient (Wildman–Crippen LogP) is 3.68. The zero-order valence-electron chi connectivity index (χ0n) is 15.5. The summed E-state index contributed by atoms with van der Waals surface area (Å²) in [4.78, 5) is 15.5. The molecule has 150 valence electrons. The van der Waals surface area contributed by atoms with Gasteiger partial charge in [0.15, 0.2) is 0 Å². The van der Waals surface area contributed by atoms with Crippen LogP contribution in [0.4, 0.5) is 0 Å². The van der Waals surface area contributed by atoms with Gasteiger partial charge in [-0.25, -0.2) is 8.42 Å². The lowest BCUT2D eigenvalue weighted by molar-refractivity contribution is 0.0698. The van der Waals surface area contributed by atoms with Crippen LogP contribution in [-0.4, -0.2) is 61.2 Å². The summed E-state index contributed by atoms with van der Waals surface area (Å²) in [6.45, 7) is 3.39. The van der Waals surface area contributed by atoms with Crippen LogP contribution in [-0.2, 0) is 10.0 Å². The summed E-state index contributed by atoms with van der Waals surface area (Å²) in [5.41, 5.74) is 1.92. The molecule has 0 saturated carbocycles. The van der Waals surface area contributed by atoms with Crippen LogP contribution in [0.1, 0.15) is 25.4 Å². The Morgan fingerprint density at radius 2 is 1.61 bits per heavy atom. The lowest BCUT2D eigenvalue weighted by atomic mass is 10.1. The van der Waals surface area contributed by atoms with Crippen LogP contribution in [0.5, 0.6) is 0 Å². The van der Waals surface area contributed by atoms with E-state index in [1.807, 2.05) is 60.8 Å². The number of carbonyl (C=O) groups excluding carboxylic acids is 1. The molecular weight excluding hydrogens is 432 g/mol. The minimum Gasteiger partial charge on any atom is -0.336 e. The molecule has 0 bridgehead atoms. The number of thioether (sulfide) groups is 2. The van der Waals surface area contributed by atoms with Gasteiger partial charge in [-0.1, -0.05) is 12.1 Å². The van der Waals surface area contributed by atoms with Gasteiger partial charge in [0.05, 0.1) is 4.58 Å². The molecule has 5 nitrogen and oxygen atoms in total. The first kappa shape index (κ1) is 20.3. The maximum absolute atomic E-state index is 12.8. The molecule has 9 heteroatoms. The second-order valence-electron chi connectivity index (χ2n) is 6.76. The average molecular weight is 455 g/mol. The van der Waals surface area contributed by atoms with E-state index in [1.165, 1.54) is 32.7 Å². The smallest absolute Gasteiger partial charge is 0.253 e. The van der Waals surface area contributed by atoms with Gasteiger partial charge in [0.2, 0.25) is 0 Å². The Kier molecular flexibility index (Phi) is 6.08. The first-order valence-electron chi connectivity index (χ1n) is 9.14. The van der Waals surface area contributed by atoms with Crippen LogP contribution in [0.25, 0.3) is 0 Å². The van der Waals surface area contributed by atoms with Gasteiger partial charge in [-0.2, -0.15) is 4.31 Å². The molecule has 0 N–H and O–H groups in total. The maximum atomic E-state index is 12.8. The molecule has 1 amide bonds. The first-order chi connectivity index (χ1) is 13.4. The van der Waals surface area contributed by atoms with E-state index in [4.69, 9.17) is 0 Å². The quantitative estimate of drug-likeness (QED) is 0.705. The summed E-state index contributed by atoms with van der Waals surface area (Å²) in [7, 11) is -3.46.